The molecule has 1 N–H and O–H groups in total. The number of amides is 1. The van der Waals surface area contributed by atoms with Crippen LogP contribution in [-0.2, 0) is 11.2 Å². The Balaban J connectivity index is 1.67. The molecular weight excluding hydrogens is 336 g/mol. The van der Waals surface area contributed by atoms with Crippen LogP contribution in [0, 0.1) is 0 Å². The molecule has 0 saturated carbocycles. The van der Waals surface area contributed by atoms with Crippen molar-refractivity contribution < 1.29 is 18.5 Å². The lowest BCUT2D eigenvalue weighted by atomic mass is 10.1. The van der Waals surface area contributed by atoms with Gasteiger partial charge in [-0.05, 0) is 30.0 Å². The summed E-state index contributed by atoms with van der Waals surface area (Å²) in [4.78, 5) is 23.6. The topological polar surface area (TPSA) is 94.6 Å². The summed E-state index contributed by atoms with van der Waals surface area (Å²) < 4.78 is 15.8. The Morgan fingerprint density at radius 3 is 2.77 bits per heavy atom. The van der Waals surface area contributed by atoms with Crippen LogP contribution in [0.2, 0.25) is 0 Å². The standard InChI is InChI=1S/C19H20N2O5/c1-4-12-7-19(23)25-16-8-13(5-6-14(12)16)24-10-17(22)20-18-9-15(11(2)3)21-26-18/h5-9,11H,4,10H2,1-3H3,(H,20,22). The van der Waals surface area contributed by atoms with Gasteiger partial charge in [-0.2, -0.15) is 0 Å². The maximum atomic E-state index is 12.0. The smallest absolute Gasteiger partial charge is 0.336 e. The van der Waals surface area contributed by atoms with E-state index in [2.05, 4.69) is 10.5 Å². The van der Waals surface area contributed by atoms with E-state index in [0.717, 1.165) is 23.1 Å². The van der Waals surface area contributed by atoms with Crippen molar-refractivity contribution in [3.63, 3.8) is 0 Å². The summed E-state index contributed by atoms with van der Waals surface area (Å²) >= 11 is 0. The Bertz CT molecular complexity index is 987. The van der Waals surface area contributed by atoms with Gasteiger partial charge < -0.3 is 13.7 Å². The van der Waals surface area contributed by atoms with E-state index in [9.17, 15) is 9.59 Å². The molecule has 0 atom stereocenters. The summed E-state index contributed by atoms with van der Waals surface area (Å²) in [6.45, 7) is 5.72. The molecule has 1 amide bonds. The highest BCUT2D eigenvalue weighted by Crippen LogP contribution is 2.23. The number of aromatic nitrogens is 1. The minimum Gasteiger partial charge on any atom is -0.484 e. The number of anilines is 1. The molecule has 7 heteroatoms. The highest BCUT2D eigenvalue weighted by molar-refractivity contribution is 5.90. The van der Waals surface area contributed by atoms with Crippen molar-refractivity contribution in [1.82, 2.24) is 5.16 Å². The van der Waals surface area contributed by atoms with E-state index in [4.69, 9.17) is 13.7 Å². The van der Waals surface area contributed by atoms with Crippen LogP contribution in [0.15, 0.2) is 44.1 Å². The molecule has 2 heterocycles. The third kappa shape index (κ3) is 3.93. The first kappa shape index (κ1) is 17.7. The maximum Gasteiger partial charge on any atom is 0.336 e. The summed E-state index contributed by atoms with van der Waals surface area (Å²) in [6, 6.07) is 8.32. The molecule has 3 rings (SSSR count). The van der Waals surface area contributed by atoms with Crippen LogP contribution in [0.1, 0.15) is 37.9 Å². The van der Waals surface area contributed by atoms with Gasteiger partial charge in [0.15, 0.2) is 6.61 Å². The molecule has 136 valence electrons. The minimum absolute atomic E-state index is 0.207. The zero-order chi connectivity index (χ0) is 18.7. The van der Waals surface area contributed by atoms with Crippen molar-refractivity contribution >= 4 is 22.8 Å². The van der Waals surface area contributed by atoms with Crippen molar-refractivity contribution in [2.45, 2.75) is 33.1 Å². The Labute approximate surface area is 149 Å². The fraction of sp³-hybridized carbons (Fsp3) is 0.316. The number of benzene rings is 1. The monoisotopic (exact) mass is 356 g/mol. The van der Waals surface area contributed by atoms with Crippen molar-refractivity contribution in [1.29, 1.82) is 0 Å². The van der Waals surface area contributed by atoms with Crippen LogP contribution in [0.3, 0.4) is 0 Å². The van der Waals surface area contributed by atoms with Gasteiger partial charge in [0.2, 0.25) is 5.88 Å². The molecule has 1 aromatic carbocycles. The molecule has 0 aliphatic heterocycles. The van der Waals surface area contributed by atoms with E-state index in [1.807, 2.05) is 26.8 Å². The normalized spacial score (nSPS) is 11.1. The molecule has 0 aliphatic carbocycles. The second-order valence-electron chi connectivity index (χ2n) is 6.21. The molecule has 0 bridgehead atoms. The van der Waals surface area contributed by atoms with E-state index in [1.165, 1.54) is 6.07 Å². The number of carbonyl (C=O) groups excluding carboxylic acids is 1. The van der Waals surface area contributed by atoms with Crippen LogP contribution in [0.25, 0.3) is 11.0 Å². The molecule has 7 nitrogen and oxygen atoms in total. The second kappa shape index (κ2) is 7.43. The molecule has 0 spiro atoms. The number of rotatable bonds is 6. The number of nitrogens with zero attached hydrogens (tertiary/aromatic N) is 1. The summed E-state index contributed by atoms with van der Waals surface area (Å²) in [5, 5.41) is 7.31. The average Bonchev–Trinajstić information content (AvgIpc) is 3.07. The van der Waals surface area contributed by atoms with Crippen LogP contribution in [-0.4, -0.2) is 17.7 Å². The number of hydrogen-bond donors (Lipinski definition) is 1. The number of carbonyl (C=O) groups is 1. The number of ether oxygens (including phenoxy) is 1. The second-order valence-corrected chi connectivity index (χ2v) is 6.21. The SMILES string of the molecule is CCc1cc(=O)oc2cc(OCC(=O)Nc3cc(C(C)C)no3)ccc12. The average molecular weight is 356 g/mol. The number of hydrogen-bond acceptors (Lipinski definition) is 6. The Morgan fingerprint density at radius 2 is 2.08 bits per heavy atom. The predicted molar refractivity (Wildman–Crippen MR) is 96.6 cm³/mol. The fourth-order valence-corrected chi connectivity index (χ4v) is 2.53. The van der Waals surface area contributed by atoms with Crippen LogP contribution in [0.5, 0.6) is 5.75 Å². The lowest BCUT2D eigenvalue weighted by molar-refractivity contribution is -0.118. The van der Waals surface area contributed by atoms with E-state index < -0.39 is 5.63 Å². The number of aryl methyl sites for hydroxylation is 1. The van der Waals surface area contributed by atoms with Crippen LogP contribution < -0.4 is 15.7 Å². The van der Waals surface area contributed by atoms with E-state index in [-0.39, 0.29) is 24.3 Å². The Kier molecular flexibility index (Phi) is 5.06. The van der Waals surface area contributed by atoms with Gasteiger partial charge in [-0.15, -0.1) is 0 Å². The molecule has 3 aromatic rings. The van der Waals surface area contributed by atoms with Crippen molar-refractivity contribution in [2.24, 2.45) is 0 Å². The number of fused-ring (bicyclic) bond motifs is 1. The van der Waals surface area contributed by atoms with Crippen molar-refractivity contribution in [3.05, 3.63) is 52.0 Å². The third-order valence-electron chi connectivity index (χ3n) is 3.94. The van der Waals surface area contributed by atoms with Gasteiger partial charge in [0.1, 0.15) is 11.3 Å². The van der Waals surface area contributed by atoms with Crippen LogP contribution >= 0.6 is 0 Å². The Morgan fingerprint density at radius 1 is 1.27 bits per heavy atom. The summed E-state index contributed by atoms with van der Waals surface area (Å²) in [7, 11) is 0. The van der Waals surface area contributed by atoms with Gasteiger partial charge in [-0.3, -0.25) is 10.1 Å². The molecule has 0 saturated heterocycles. The molecule has 0 fully saturated rings. The summed E-state index contributed by atoms with van der Waals surface area (Å²) in [5.74, 6) is 0.546. The van der Waals surface area contributed by atoms with Crippen LogP contribution in [0.4, 0.5) is 5.88 Å². The zero-order valence-electron chi connectivity index (χ0n) is 14.9. The quantitative estimate of drug-likeness (QED) is 0.680. The highest BCUT2D eigenvalue weighted by atomic mass is 16.5. The Hall–Kier alpha value is -3.09. The highest BCUT2D eigenvalue weighted by Gasteiger charge is 2.12. The zero-order valence-corrected chi connectivity index (χ0v) is 14.9. The number of nitrogens with one attached hydrogen (secondary N) is 1. The first-order valence-corrected chi connectivity index (χ1v) is 8.42. The molecule has 0 radical (unpaired) electrons. The molecule has 0 aliphatic rings. The van der Waals surface area contributed by atoms with E-state index in [1.54, 1.807) is 18.2 Å². The van der Waals surface area contributed by atoms with E-state index in [0.29, 0.717) is 11.3 Å². The summed E-state index contributed by atoms with van der Waals surface area (Å²) in [5.41, 5.74) is 1.70. The lowest BCUT2D eigenvalue weighted by Crippen LogP contribution is -2.19. The van der Waals surface area contributed by atoms with Crippen molar-refractivity contribution in [3.8, 4) is 5.75 Å². The lowest BCUT2D eigenvalue weighted by Gasteiger charge is -2.08. The third-order valence-corrected chi connectivity index (χ3v) is 3.94. The molecule has 0 unspecified atom stereocenters. The molecule has 26 heavy (non-hydrogen) atoms. The van der Waals surface area contributed by atoms with Gasteiger partial charge in [0, 0.05) is 23.6 Å². The van der Waals surface area contributed by atoms with Gasteiger partial charge in [0.25, 0.3) is 5.91 Å². The van der Waals surface area contributed by atoms with Gasteiger partial charge >= 0.3 is 5.63 Å². The summed E-state index contributed by atoms with van der Waals surface area (Å²) in [6.07, 6.45) is 0.722. The van der Waals surface area contributed by atoms with E-state index >= 15 is 0 Å². The largest absolute Gasteiger partial charge is 0.484 e. The van der Waals surface area contributed by atoms with Gasteiger partial charge in [-0.1, -0.05) is 25.9 Å². The minimum atomic E-state index is -0.407. The van der Waals surface area contributed by atoms with Crippen molar-refractivity contribution in [2.75, 3.05) is 11.9 Å². The van der Waals surface area contributed by atoms with Gasteiger partial charge in [0.05, 0.1) is 5.69 Å². The maximum absolute atomic E-state index is 12.0. The first-order valence-electron chi connectivity index (χ1n) is 8.42. The molecule has 2 aromatic heterocycles. The molecular formula is C19H20N2O5. The predicted octanol–water partition coefficient (Wildman–Crippen LogP) is 3.48. The first-order chi connectivity index (χ1) is 12.5. The van der Waals surface area contributed by atoms with Gasteiger partial charge in [-0.25, -0.2) is 4.79 Å². The fourth-order valence-electron chi connectivity index (χ4n) is 2.53.